The van der Waals surface area contributed by atoms with Crippen LogP contribution < -0.4 is 16.1 Å². The van der Waals surface area contributed by atoms with Gasteiger partial charge < -0.3 is 15.7 Å². The van der Waals surface area contributed by atoms with Gasteiger partial charge in [-0.1, -0.05) is 29.3 Å². The van der Waals surface area contributed by atoms with Crippen LogP contribution >= 0.6 is 23.2 Å². The van der Waals surface area contributed by atoms with E-state index in [-0.39, 0.29) is 30.3 Å². The number of hydrazone groups is 1. The summed E-state index contributed by atoms with van der Waals surface area (Å²) in [6, 6.07) is 4.81. The highest BCUT2D eigenvalue weighted by Crippen LogP contribution is 2.29. The number of carbonyl (C=O) groups excluding carboxylic acids is 3. The fourth-order valence-corrected chi connectivity index (χ4v) is 1.86. The molecule has 0 atom stereocenters. The Morgan fingerprint density at radius 2 is 1.92 bits per heavy atom. The molecule has 0 spiro atoms. The van der Waals surface area contributed by atoms with Crippen molar-refractivity contribution in [2.24, 2.45) is 5.10 Å². The number of halogens is 2. The SMILES string of the molecule is C/C(CC(=O)Nc1cccc(Cl)c1Cl)=N\NC(=O)C(=O)NCCO. The summed E-state index contributed by atoms with van der Waals surface area (Å²) < 4.78 is 0. The van der Waals surface area contributed by atoms with E-state index in [2.05, 4.69) is 15.7 Å². The van der Waals surface area contributed by atoms with Gasteiger partial charge in [0.15, 0.2) is 0 Å². The summed E-state index contributed by atoms with van der Waals surface area (Å²) in [6.07, 6.45) is -0.124. The minimum absolute atomic E-state index is 0.0439. The van der Waals surface area contributed by atoms with Crippen molar-refractivity contribution < 1.29 is 19.5 Å². The first-order chi connectivity index (χ1) is 11.3. The molecule has 0 aliphatic rings. The Morgan fingerprint density at radius 3 is 2.58 bits per heavy atom. The van der Waals surface area contributed by atoms with Gasteiger partial charge in [-0.05, 0) is 19.1 Å². The molecule has 8 nitrogen and oxygen atoms in total. The highest BCUT2D eigenvalue weighted by molar-refractivity contribution is 6.44. The number of carbonyl (C=O) groups is 3. The maximum Gasteiger partial charge on any atom is 0.329 e. The lowest BCUT2D eigenvalue weighted by Crippen LogP contribution is -2.39. The molecule has 1 aromatic rings. The lowest BCUT2D eigenvalue weighted by atomic mass is 10.2. The van der Waals surface area contributed by atoms with E-state index in [1.165, 1.54) is 6.92 Å². The minimum atomic E-state index is -0.999. The zero-order chi connectivity index (χ0) is 18.1. The van der Waals surface area contributed by atoms with Crippen molar-refractivity contribution in [3.63, 3.8) is 0 Å². The van der Waals surface area contributed by atoms with Crippen molar-refractivity contribution in [1.29, 1.82) is 0 Å². The molecule has 0 saturated carbocycles. The number of nitrogens with zero attached hydrogens (tertiary/aromatic N) is 1. The lowest BCUT2D eigenvalue weighted by Gasteiger charge is -2.08. The topological polar surface area (TPSA) is 120 Å². The molecule has 3 amide bonds. The molecule has 24 heavy (non-hydrogen) atoms. The van der Waals surface area contributed by atoms with E-state index in [1.807, 2.05) is 5.43 Å². The molecule has 130 valence electrons. The van der Waals surface area contributed by atoms with E-state index < -0.39 is 17.7 Å². The van der Waals surface area contributed by atoms with E-state index >= 15 is 0 Å². The maximum atomic E-state index is 11.9. The summed E-state index contributed by atoms with van der Waals surface area (Å²) in [5.41, 5.74) is 2.64. The first-order valence-corrected chi connectivity index (χ1v) is 7.56. The van der Waals surface area contributed by atoms with Crippen LogP contribution in [0.25, 0.3) is 0 Å². The van der Waals surface area contributed by atoms with Crippen LogP contribution in [0.15, 0.2) is 23.3 Å². The number of anilines is 1. The first-order valence-electron chi connectivity index (χ1n) is 6.81. The van der Waals surface area contributed by atoms with Crippen LogP contribution in [0.3, 0.4) is 0 Å². The summed E-state index contributed by atoms with van der Waals surface area (Å²) in [6.45, 7) is 1.18. The number of hydrogen-bond donors (Lipinski definition) is 4. The highest BCUT2D eigenvalue weighted by Gasteiger charge is 2.13. The Labute approximate surface area is 148 Å². The predicted octanol–water partition coefficient (Wildman–Crippen LogP) is 0.923. The zero-order valence-corrected chi connectivity index (χ0v) is 14.2. The number of nitrogens with one attached hydrogen (secondary N) is 3. The Morgan fingerprint density at radius 1 is 1.21 bits per heavy atom. The minimum Gasteiger partial charge on any atom is -0.395 e. The van der Waals surface area contributed by atoms with E-state index in [0.29, 0.717) is 10.7 Å². The fraction of sp³-hybridized carbons (Fsp3) is 0.286. The average Bonchev–Trinajstić information content (AvgIpc) is 2.54. The lowest BCUT2D eigenvalue weighted by molar-refractivity contribution is -0.139. The third-order valence-electron chi connectivity index (χ3n) is 2.59. The maximum absolute atomic E-state index is 11.9. The third-order valence-corrected chi connectivity index (χ3v) is 3.41. The molecule has 0 aromatic heterocycles. The molecule has 4 N–H and O–H groups in total. The van der Waals surface area contributed by atoms with Crippen molar-refractivity contribution in [1.82, 2.24) is 10.7 Å². The van der Waals surface area contributed by atoms with Gasteiger partial charge in [0, 0.05) is 12.3 Å². The molecule has 10 heteroatoms. The zero-order valence-electron chi connectivity index (χ0n) is 12.7. The van der Waals surface area contributed by atoms with Crippen LogP contribution in [0.1, 0.15) is 13.3 Å². The van der Waals surface area contributed by atoms with Crippen molar-refractivity contribution in [3.05, 3.63) is 28.2 Å². The second-order valence-corrected chi connectivity index (χ2v) is 5.38. The summed E-state index contributed by atoms with van der Waals surface area (Å²) in [5.74, 6) is -2.35. The molecule has 0 saturated heterocycles. The molecular weight excluding hydrogens is 359 g/mol. The van der Waals surface area contributed by atoms with Crippen LogP contribution in [0.4, 0.5) is 5.69 Å². The van der Waals surface area contributed by atoms with E-state index in [1.54, 1.807) is 18.2 Å². The van der Waals surface area contributed by atoms with Gasteiger partial charge in [0.2, 0.25) is 5.91 Å². The van der Waals surface area contributed by atoms with Crippen molar-refractivity contribution in [2.75, 3.05) is 18.5 Å². The normalized spacial score (nSPS) is 10.9. The van der Waals surface area contributed by atoms with Gasteiger partial charge in [-0.2, -0.15) is 5.10 Å². The van der Waals surface area contributed by atoms with Gasteiger partial charge >= 0.3 is 11.8 Å². The van der Waals surface area contributed by atoms with Gasteiger partial charge in [-0.15, -0.1) is 0 Å². The second kappa shape index (κ2) is 9.86. The smallest absolute Gasteiger partial charge is 0.329 e. The average molecular weight is 375 g/mol. The molecule has 0 heterocycles. The van der Waals surface area contributed by atoms with Crippen LogP contribution in [-0.4, -0.2) is 41.7 Å². The van der Waals surface area contributed by atoms with Crippen molar-refractivity contribution in [3.8, 4) is 0 Å². The number of amides is 3. The van der Waals surface area contributed by atoms with Gasteiger partial charge in [-0.3, -0.25) is 14.4 Å². The molecule has 1 aromatic carbocycles. The summed E-state index contributed by atoms with van der Waals surface area (Å²) in [5, 5.41) is 17.4. The Bertz CT molecular complexity index is 664. The standard InChI is InChI=1S/C14H16Cl2N4O4/c1-8(19-20-14(24)13(23)17-5-6-21)7-11(22)18-10-4-2-3-9(15)12(10)16/h2-4,21H,5-7H2,1H3,(H,17,23)(H,18,22)(H,20,24)/b19-8+. The molecule has 0 radical (unpaired) electrons. The molecule has 1 rings (SSSR count). The van der Waals surface area contributed by atoms with Gasteiger partial charge in [0.1, 0.15) is 0 Å². The molecule has 0 aliphatic carbocycles. The van der Waals surface area contributed by atoms with Gasteiger partial charge in [0.05, 0.1) is 28.8 Å². The number of rotatable bonds is 6. The Balaban J connectivity index is 2.53. The number of aliphatic hydroxyl groups excluding tert-OH is 1. The highest BCUT2D eigenvalue weighted by atomic mass is 35.5. The van der Waals surface area contributed by atoms with Crippen molar-refractivity contribution >= 4 is 52.3 Å². The van der Waals surface area contributed by atoms with E-state index in [9.17, 15) is 14.4 Å². The van der Waals surface area contributed by atoms with Crippen LogP contribution in [0.5, 0.6) is 0 Å². The monoisotopic (exact) mass is 374 g/mol. The number of aliphatic hydroxyl groups is 1. The Kier molecular flexibility index (Phi) is 8.17. The number of benzene rings is 1. The van der Waals surface area contributed by atoms with Gasteiger partial charge in [0.25, 0.3) is 0 Å². The van der Waals surface area contributed by atoms with Crippen LogP contribution in [-0.2, 0) is 14.4 Å². The number of hydrogen-bond acceptors (Lipinski definition) is 5. The predicted molar refractivity (Wildman–Crippen MR) is 91.1 cm³/mol. The molecular formula is C14H16Cl2N4O4. The summed E-state index contributed by atoms with van der Waals surface area (Å²) >= 11 is 11.8. The van der Waals surface area contributed by atoms with E-state index in [4.69, 9.17) is 28.3 Å². The van der Waals surface area contributed by atoms with Crippen molar-refractivity contribution in [2.45, 2.75) is 13.3 Å². The Hall–Kier alpha value is -2.16. The molecule has 0 fully saturated rings. The first kappa shape index (κ1) is 19.9. The molecule has 0 bridgehead atoms. The van der Waals surface area contributed by atoms with Crippen LogP contribution in [0.2, 0.25) is 10.0 Å². The van der Waals surface area contributed by atoms with E-state index in [0.717, 1.165) is 0 Å². The third kappa shape index (κ3) is 6.53. The molecule has 0 aliphatic heterocycles. The largest absolute Gasteiger partial charge is 0.395 e. The summed E-state index contributed by atoms with van der Waals surface area (Å²) in [4.78, 5) is 34.5. The molecule has 0 unspecified atom stereocenters. The van der Waals surface area contributed by atoms with Crippen LogP contribution in [0, 0.1) is 0 Å². The summed E-state index contributed by atoms with van der Waals surface area (Å²) in [7, 11) is 0. The quantitative estimate of drug-likeness (QED) is 0.336. The fourth-order valence-electron chi connectivity index (χ4n) is 1.51. The second-order valence-electron chi connectivity index (χ2n) is 4.59. The van der Waals surface area contributed by atoms with Gasteiger partial charge in [-0.25, -0.2) is 5.43 Å².